The first-order valence-corrected chi connectivity index (χ1v) is 17.9. The lowest BCUT2D eigenvalue weighted by Crippen LogP contribution is -2.17. The summed E-state index contributed by atoms with van der Waals surface area (Å²) in [5, 5.41) is 0. The third-order valence-electron chi connectivity index (χ3n) is 6.50. The summed E-state index contributed by atoms with van der Waals surface area (Å²) in [6, 6.07) is 0. The van der Waals surface area contributed by atoms with Gasteiger partial charge >= 0.3 is 8.95 Å². The fourth-order valence-corrected chi connectivity index (χ4v) is 14.0. The van der Waals surface area contributed by atoms with Crippen LogP contribution in [-0.2, 0) is 9.15 Å². The molecular formula is C24H52O2PSi+. The number of rotatable bonds is 22. The quantitative estimate of drug-likeness (QED) is 0.0562. The number of hydrogen-bond acceptors (Lipinski definition) is 2. The standard InChI is InChI=1S/C24H52O2PSi/c1-4-7-10-13-16-19-22-27(28-25-26-28,23-20-17-14-11-8-5-2)24-21-18-15-12-9-6-3/h28H,4-24H2,1-3H3/q+1. The maximum absolute atomic E-state index is 5.65. The van der Waals surface area contributed by atoms with Crippen LogP contribution >= 0.6 is 6.81 Å². The Bertz CT molecular complexity index is 296. The van der Waals surface area contributed by atoms with E-state index in [2.05, 4.69) is 20.8 Å². The van der Waals surface area contributed by atoms with E-state index >= 15 is 0 Å². The van der Waals surface area contributed by atoms with Crippen LogP contribution in [0, 0.1) is 0 Å². The zero-order chi connectivity index (χ0) is 20.3. The molecular weight excluding hydrogens is 379 g/mol. The molecule has 28 heavy (non-hydrogen) atoms. The lowest BCUT2D eigenvalue weighted by atomic mass is 10.1. The molecule has 4 heteroatoms. The third-order valence-corrected chi connectivity index (χ3v) is 16.9. The average Bonchev–Trinajstić information content (AvgIpc) is 3.55. The Morgan fingerprint density at radius 3 is 1.00 bits per heavy atom. The molecule has 168 valence electrons. The van der Waals surface area contributed by atoms with Crippen molar-refractivity contribution in [3.63, 3.8) is 0 Å². The molecule has 0 aliphatic carbocycles. The van der Waals surface area contributed by atoms with Gasteiger partial charge in [0.25, 0.3) is 0 Å². The predicted molar refractivity (Wildman–Crippen MR) is 131 cm³/mol. The molecule has 0 radical (unpaired) electrons. The highest BCUT2D eigenvalue weighted by molar-refractivity contribution is 8.03. The Morgan fingerprint density at radius 2 is 0.714 bits per heavy atom. The molecule has 1 aliphatic rings. The van der Waals surface area contributed by atoms with Crippen molar-refractivity contribution in [1.29, 1.82) is 0 Å². The summed E-state index contributed by atoms with van der Waals surface area (Å²) < 4.78 is 11.3. The van der Waals surface area contributed by atoms with Gasteiger partial charge in [-0.05, 0) is 38.5 Å². The van der Waals surface area contributed by atoms with Gasteiger partial charge in [0.15, 0.2) is 0 Å². The van der Waals surface area contributed by atoms with Gasteiger partial charge in [0, 0.05) is 6.81 Å². The van der Waals surface area contributed by atoms with Gasteiger partial charge < -0.3 is 0 Å². The third kappa shape index (κ3) is 13.0. The van der Waals surface area contributed by atoms with Crippen molar-refractivity contribution in [2.24, 2.45) is 0 Å². The molecule has 1 heterocycles. The minimum Gasteiger partial charge on any atom is -0.217 e. The van der Waals surface area contributed by atoms with E-state index in [1.54, 1.807) is 0 Å². The molecule has 0 bridgehead atoms. The van der Waals surface area contributed by atoms with Crippen molar-refractivity contribution in [2.45, 2.75) is 136 Å². The van der Waals surface area contributed by atoms with Crippen LogP contribution in [-0.4, -0.2) is 27.4 Å². The summed E-state index contributed by atoms with van der Waals surface area (Å²) in [5.74, 6) is 0. The largest absolute Gasteiger partial charge is 0.564 e. The van der Waals surface area contributed by atoms with Crippen LogP contribution in [0.15, 0.2) is 0 Å². The fourth-order valence-electron chi connectivity index (χ4n) is 4.48. The second kappa shape index (κ2) is 18.3. The van der Waals surface area contributed by atoms with Crippen molar-refractivity contribution in [2.75, 3.05) is 18.5 Å². The van der Waals surface area contributed by atoms with Gasteiger partial charge in [-0.1, -0.05) is 97.8 Å². The van der Waals surface area contributed by atoms with E-state index in [1.165, 1.54) is 134 Å². The lowest BCUT2D eigenvalue weighted by Gasteiger charge is -2.24. The highest BCUT2D eigenvalue weighted by Gasteiger charge is 2.59. The SMILES string of the molecule is CCCCCCCC[P+](CCCCCCCC)(CCCCCCCC)[SiH]1OO1. The smallest absolute Gasteiger partial charge is 0.217 e. The molecule has 1 aliphatic heterocycles. The highest BCUT2D eigenvalue weighted by atomic mass is 31.4. The van der Waals surface area contributed by atoms with Crippen molar-refractivity contribution in [3.8, 4) is 0 Å². The average molecular weight is 432 g/mol. The first-order valence-electron chi connectivity index (χ1n) is 13.0. The first kappa shape index (κ1) is 26.6. The lowest BCUT2D eigenvalue weighted by molar-refractivity contribution is 0.0850. The Hall–Kier alpha value is 0.567. The van der Waals surface area contributed by atoms with E-state index in [0.29, 0.717) is 0 Å². The van der Waals surface area contributed by atoms with Gasteiger partial charge in [-0.15, -0.1) is 0 Å². The molecule has 2 nitrogen and oxygen atoms in total. The molecule has 0 saturated carbocycles. The van der Waals surface area contributed by atoms with Crippen LogP contribution in [0.5, 0.6) is 0 Å². The van der Waals surface area contributed by atoms with Crippen LogP contribution in [0.2, 0.25) is 0 Å². The molecule has 0 aromatic rings. The molecule has 1 fully saturated rings. The topological polar surface area (TPSA) is 25.1 Å². The van der Waals surface area contributed by atoms with Gasteiger partial charge in [-0.2, -0.15) is 0 Å². The summed E-state index contributed by atoms with van der Waals surface area (Å²) >= 11 is 0. The Kier molecular flexibility index (Phi) is 17.4. The molecule has 1 saturated heterocycles. The van der Waals surface area contributed by atoms with E-state index in [1.807, 2.05) is 0 Å². The summed E-state index contributed by atoms with van der Waals surface area (Å²) in [6.07, 6.45) is 30.0. The molecule has 0 spiro atoms. The Morgan fingerprint density at radius 1 is 0.429 bits per heavy atom. The van der Waals surface area contributed by atoms with E-state index in [4.69, 9.17) is 9.15 Å². The van der Waals surface area contributed by atoms with Gasteiger partial charge in [-0.25, -0.2) is 9.15 Å². The number of unbranched alkanes of at least 4 members (excludes halogenated alkanes) is 15. The van der Waals surface area contributed by atoms with Crippen LogP contribution in [0.25, 0.3) is 0 Å². The van der Waals surface area contributed by atoms with Gasteiger partial charge in [-0.3, -0.25) is 0 Å². The minimum absolute atomic E-state index is 0.929. The predicted octanol–water partition coefficient (Wildman–Crippen LogP) is 8.76. The zero-order valence-corrected chi connectivity index (χ0v) is 21.7. The summed E-state index contributed by atoms with van der Waals surface area (Å²) in [7, 11) is -1.25. The molecule has 0 unspecified atom stereocenters. The van der Waals surface area contributed by atoms with Crippen LogP contribution in [0.3, 0.4) is 0 Å². The summed E-state index contributed by atoms with van der Waals surface area (Å²) in [4.78, 5) is 0. The van der Waals surface area contributed by atoms with Crippen LogP contribution < -0.4 is 0 Å². The second-order valence-corrected chi connectivity index (χ2v) is 18.5. The van der Waals surface area contributed by atoms with E-state index in [9.17, 15) is 0 Å². The highest BCUT2D eigenvalue weighted by Crippen LogP contribution is 2.67. The Balaban J connectivity index is 2.39. The van der Waals surface area contributed by atoms with Gasteiger partial charge in [0.2, 0.25) is 0 Å². The first-order chi connectivity index (χ1) is 13.8. The van der Waals surface area contributed by atoms with Crippen LogP contribution in [0.4, 0.5) is 0 Å². The Labute approximate surface area is 179 Å². The molecule has 0 aromatic heterocycles. The number of hydrogen-bond donors (Lipinski definition) is 0. The van der Waals surface area contributed by atoms with Crippen molar-refractivity contribution in [3.05, 3.63) is 0 Å². The van der Waals surface area contributed by atoms with Crippen molar-refractivity contribution < 1.29 is 9.15 Å². The molecule has 0 N–H and O–H groups in total. The normalized spacial score (nSPS) is 14.7. The monoisotopic (exact) mass is 431 g/mol. The van der Waals surface area contributed by atoms with Gasteiger partial charge in [0.1, 0.15) is 0 Å². The van der Waals surface area contributed by atoms with E-state index < -0.39 is 15.8 Å². The molecule has 0 atom stereocenters. The summed E-state index contributed by atoms with van der Waals surface area (Å²) in [5.41, 5.74) is 0. The van der Waals surface area contributed by atoms with Crippen molar-refractivity contribution >= 4 is 15.8 Å². The maximum Gasteiger partial charge on any atom is 0.564 e. The molecule has 0 aromatic carbocycles. The molecule has 0 amide bonds. The minimum atomic E-state index is -1.25. The van der Waals surface area contributed by atoms with Crippen molar-refractivity contribution in [1.82, 2.24) is 0 Å². The van der Waals surface area contributed by atoms with Crippen LogP contribution in [0.1, 0.15) is 136 Å². The molecule has 1 rings (SSSR count). The maximum atomic E-state index is 5.65. The second-order valence-electron chi connectivity index (χ2n) is 9.19. The van der Waals surface area contributed by atoms with E-state index in [-0.39, 0.29) is 0 Å². The fraction of sp³-hybridized carbons (Fsp3) is 1.00. The summed E-state index contributed by atoms with van der Waals surface area (Å²) in [6.45, 7) is 6.00. The zero-order valence-electron chi connectivity index (χ0n) is 19.7. The van der Waals surface area contributed by atoms with Gasteiger partial charge in [0.05, 0.1) is 18.5 Å². The van der Waals surface area contributed by atoms with E-state index in [0.717, 1.165) is 0 Å².